The van der Waals surface area contributed by atoms with Gasteiger partial charge in [0.2, 0.25) is 0 Å². The molecular formula is C19H20BrClN6O. The van der Waals surface area contributed by atoms with Crippen LogP contribution in [-0.4, -0.2) is 36.6 Å². The van der Waals surface area contributed by atoms with Crippen molar-refractivity contribution in [2.24, 2.45) is 5.92 Å². The molecule has 3 heterocycles. The number of carbonyl (C=O) groups is 1. The van der Waals surface area contributed by atoms with Crippen molar-refractivity contribution in [2.45, 2.75) is 32.9 Å². The zero-order valence-corrected chi connectivity index (χ0v) is 17.8. The number of ketones is 1. The van der Waals surface area contributed by atoms with E-state index >= 15 is 0 Å². The van der Waals surface area contributed by atoms with Crippen molar-refractivity contribution in [3.05, 3.63) is 46.2 Å². The number of nitrogens with zero attached hydrogens (tertiary/aromatic N) is 5. The minimum absolute atomic E-state index is 0. The standard InChI is InChI=1S/C19H19BrN6O.ClH/c1-11-16-9-26-19(14-6-13(20)4-5-15(14)25(16)10-22-11)23-18(24-26)8-21-7-17(27)12-2-3-12;/h4-6,10,12,21H,2-3,7-9H2,1H3;1H. The number of imidazole rings is 1. The zero-order valence-electron chi connectivity index (χ0n) is 15.4. The molecule has 0 amide bonds. The average molecular weight is 464 g/mol. The van der Waals surface area contributed by atoms with E-state index in [1.54, 1.807) is 0 Å². The Hall–Kier alpha value is -2.03. The van der Waals surface area contributed by atoms with E-state index < -0.39 is 0 Å². The van der Waals surface area contributed by atoms with Crippen molar-refractivity contribution in [1.82, 2.24) is 29.6 Å². The maximum atomic E-state index is 11.9. The van der Waals surface area contributed by atoms with E-state index in [0.717, 1.165) is 45.8 Å². The van der Waals surface area contributed by atoms with E-state index in [2.05, 4.69) is 42.9 Å². The van der Waals surface area contributed by atoms with Gasteiger partial charge in [-0.1, -0.05) is 15.9 Å². The quantitative estimate of drug-likeness (QED) is 0.492. The summed E-state index contributed by atoms with van der Waals surface area (Å²) < 4.78 is 5.03. The summed E-state index contributed by atoms with van der Waals surface area (Å²) in [5.74, 6) is 2.10. The van der Waals surface area contributed by atoms with Gasteiger partial charge in [-0.25, -0.2) is 14.6 Å². The van der Waals surface area contributed by atoms with Crippen molar-refractivity contribution in [3.8, 4) is 17.1 Å². The van der Waals surface area contributed by atoms with Crippen LogP contribution in [0, 0.1) is 12.8 Å². The molecule has 1 saturated carbocycles. The van der Waals surface area contributed by atoms with Crippen molar-refractivity contribution in [3.63, 3.8) is 0 Å². The molecule has 0 unspecified atom stereocenters. The highest BCUT2D eigenvalue weighted by Gasteiger charge is 2.29. The third kappa shape index (κ3) is 3.40. The van der Waals surface area contributed by atoms with Gasteiger partial charge < -0.3 is 9.88 Å². The van der Waals surface area contributed by atoms with Gasteiger partial charge in [0.15, 0.2) is 11.6 Å². The second-order valence-corrected chi connectivity index (χ2v) is 8.08. The van der Waals surface area contributed by atoms with Gasteiger partial charge in [-0.2, -0.15) is 5.10 Å². The monoisotopic (exact) mass is 462 g/mol. The Bertz CT molecular complexity index is 1050. The van der Waals surface area contributed by atoms with Gasteiger partial charge in [-0.15, -0.1) is 12.4 Å². The lowest BCUT2D eigenvalue weighted by molar-refractivity contribution is -0.119. The van der Waals surface area contributed by atoms with Crippen molar-refractivity contribution >= 4 is 34.1 Å². The summed E-state index contributed by atoms with van der Waals surface area (Å²) in [7, 11) is 0. The largest absolute Gasteiger partial charge is 0.303 e. The number of halogens is 2. The molecule has 0 bridgehead atoms. The number of rotatable bonds is 5. The molecule has 0 spiro atoms. The molecule has 7 nitrogen and oxygen atoms in total. The van der Waals surface area contributed by atoms with Crippen LogP contribution in [0.1, 0.15) is 30.1 Å². The van der Waals surface area contributed by atoms with Crippen LogP contribution in [0.15, 0.2) is 29.0 Å². The first-order valence-electron chi connectivity index (χ1n) is 9.10. The molecule has 2 aromatic heterocycles. The lowest BCUT2D eigenvalue weighted by Gasteiger charge is -2.08. The predicted octanol–water partition coefficient (Wildman–Crippen LogP) is 3.05. The average Bonchev–Trinajstić information content (AvgIpc) is 3.36. The van der Waals surface area contributed by atoms with Crippen molar-refractivity contribution in [2.75, 3.05) is 6.54 Å². The normalized spacial score (nSPS) is 14.5. The van der Waals surface area contributed by atoms with E-state index in [-0.39, 0.29) is 18.3 Å². The number of hydrogen-bond acceptors (Lipinski definition) is 5. The summed E-state index contributed by atoms with van der Waals surface area (Å²) >= 11 is 3.56. The molecule has 1 aliphatic carbocycles. The summed E-state index contributed by atoms with van der Waals surface area (Å²) in [6.07, 6.45) is 3.93. The third-order valence-electron chi connectivity index (χ3n) is 5.16. The number of benzene rings is 1. The van der Waals surface area contributed by atoms with Gasteiger partial charge in [0, 0.05) is 16.0 Å². The molecule has 0 radical (unpaired) electrons. The molecule has 1 fully saturated rings. The van der Waals surface area contributed by atoms with Crippen molar-refractivity contribution in [1.29, 1.82) is 0 Å². The SMILES string of the molecule is Cc1ncn2c1Cn1nc(CNCC(=O)C3CC3)nc1-c1cc(Br)ccc1-2.Cl. The molecule has 1 aromatic carbocycles. The fourth-order valence-electron chi connectivity index (χ4n) is 3.52. The Morgan fingerprint density at radius 1 is 1.36 bits per heavy atom. The lowest BCUT2D eigenvalue weighted by atomic mass is 10.1. The third-order valence-corrected chi connectivity index (χ3v) is 5.66. The zero-order chi connectivity index (χ0) is 18.5. The summed E-state index contributed by atoms with van der Waals surface area (Å²) in [6.45, 7) is 3.50. The summed E-state index contributed by atoms with van der Waals surface area (Å²) in [5, 5.41) is 7.89. The van der Waals surface area contributed by atoms with Gasteiger partial charge in [-0.05, 0) is 38.0 Å². The molecule has 0 atom stereocenters. The van der Waals surface area contributed by atoms with Gasteiger partial charge in [0.1, 0.15) is 5.78 Å². The summed E-state index contributed by atoms with van der Waals surface area (Å²) in [6, 6.07) is 6.16. The van der Waals surface area contributed by atoms with Crippen LogP contribution in [0.3, 0.4) is 0 Å². The van der Waals surface area contributed by atoms with E-state index in [9.17, 15) is 4.79 Å². The molecule has 5 rings (SSSR count). The number of aryl methyl sites for hydroxylation is 1. The van der Waals surface area contributed by atoms with E-state index in [1.165, 1.54) is 0 Å². The topological polar surface area (TPSA) is 77.6 Å². The number of nitrogens with one attached hydrogen (secondary N) is 1. The minimum atomic E-state index is 0. The van der Waals surface area contributed by atoms with Crippen LogP contribution < -0.4 is 5.32 Å². The molecule has 1 N–H and O–H groups in total. The number of hydrogen-bond donors (Lipinski definition) is 1. The molecular weight excluding hydrogens is 444 g/mol. The molecule has 146 valence electrons. The predicted molar refractivity (Wildman–Crippen MR) is 111 cm³/mol. The second-order valence-electron chi connectivity index (χ2n) is 7.16. The highest BCUT2D eigenvalue weighted by atomic mass is 79.9. The fourth-order valence-corrected chi connectivity index (χ4v) is 3.88. The highest BCUT2D eigenvalue weighted by Crippen LogP contribution is 2.33. The number of aromatic nitrogens is 5. The maximum absolute atomic E-state index is 11.9. The minimum Gasteiger partial charge on any atom is -0.303 e. The van der Waals surface area contributed by atoms with E-state index in [4.69, 9.17) is 10.1 Å². The fraction of sp³-hybridized carbons (Fsp3) is 0.368. The Morgan fingerprint density at radius 3 is 2.96 bits per heavy atom. The van der Waals surface area contributed by atoms with E-state index in [1.807, 2.05) is 24.0 Å². The first-order valence-corrected chi connectivity index (χ1v) is 9.89. The first kappa shape index (κ1) is 19.3. The van der Waals surface area contributed by atoms with Crippen molar-refractivity contribution < 1.29 is 4.79 Å². The number of carbonyl (C=O) groups excluding carboxylic acids is 1. The van der Waals surface area contributed by atoms with Gasteiger partial charge >= 0.3 is 0 Å². The molecule has 0 saturated heterocycles. The molecule has 2 aliphatic rings. The Kier molecular flexibility index (Phi) is 5.11. The van der Waals surface area contributed by atoms with Crippen LogP contribution >= 0.6 is 28.3 Å². The number of fused-ring (bicyclic) bond motifs is 5. The Morgan fingerprint density at radius 2 is 2.18 bits per heavy atom. The molecule has 9 heteroatoms. The van der Waals surface area contributed by atoms with Crippen LogP contribution in [0.2, 0.25) is 0 Å². The smallest absolute Gasteiger partial charge is 0.165 e. The van der Waals surface area contributed by atoms with Crippen LogP contribution in [0.4, 0.5) is 0 Å². The first-order chi connectivity index (χ1) is 13.1. The van der Waals surface area contributed by atoms with Gasteiger partial charge in [0.25, 0.3) is 0 Å². The van der Waals surface area contributed by atoms with Crippen LogP contribution in [0.5, 0.6) is 0 Å². The van der Waals surface area contributed by atoms with Crippen LogP contribution in [-0.2, 0) is 17.9 Å². The van der Waals surface area contributed by atoms with Gasteiger partial charge in [0.05, 0.1) is 43.0 Å². The van der Waals surface area contributed by atoms with E-state index in [0.29, 0.717) is 31.2 Å². The Labute approximate surface area is 177 Å². The summed E-state index contributed by atoms with van der Waals surface area (Å²) in [4.78, 5) is 21.1. The van der Waals surface area contributed by atoms with Crippen LogP contribution in [0.25, 0.3) is 17.1 Å². The lowest BCUT2D eigenvalue weighted by Crippen LogP contribution is -2.24. The second kappa shape index (κ2) is 7.42. The van der Waals surface area contributed by atoms with Gasteiger partial charge in [-0.3, -0.25) is 4.79 Å². The Balaban J connectivity index is 0.00000192. The maximum Gasteiger partial charge on any atom is 0.165 e. The summed E-state index contributed by atoms with van der Waals surface area (Å²) in [5.41, 5.74) is 4.14. The highest BCUT2D eigenvalue weighted by molar-refractivity contribution is 9.10. The molecule has 1 aliphatic heterocycles. The molecule has 3 aromatic rings. The number of Topliss-reactive ketones (excluding diaryl/α,β-unsaturated/α-hetero) is 1. The molecule has 28 heavy (non-hydrogen) atoms.